The number of nitrogens with two attached hydrogens (primary N) is 1. The second-order valence-corrected chi connectivity index (χ2v) is 10.3. The fraction of sp³-hybridized carbons (Fsp3) is 0.931. The predicted molar refractivity (Wildman–Crippen MR) is 144 cm³/mol. The zero-order valence-corrected chi connectivity index (χ0v) is 22.8. The highest BCUT2D eigenvalue weighted by molar-refractivity contribution is 5.90. The first-order valence-corrected chi connectivity index (χ1v) is 14.8. The van der Waals surface area contributed by atoms with E-state index >= 15 is 0 Å². The molecule has 0 aliphatic rings. The van der Waals surface area contributed by atoms with E-state index in [0.29, 0.717) is 0 Å². The Labute approximate surface area is 215 Å². The van der Waals surface area contributed by atoms with Crippen LogP contribution in [0.15, 0.2) is 0 Å². The summed E-state index contributed by atoms with van der Waals surface area (Å²) in [7, 11) is 0. The molecule has 2 atom stereocenters. The maximum atomic E-state index is 11.6. The molecule has 0 spiro atoms. The first kappa shape index (κ1) is 34.0. The molecule has 208 valence electrons. The Morgan fingerprint density at radius 1 is 0.600 bits per heavy atom. The van der Waals surface area contributed by atoms with Crippen molar-refractivity contribution in [2.24, 2.45) is 5.73 Å². The molecule has 0 aromatic heterocycles. The van der Waals surface area contributed by atoms with Crippen molar-refractivity contribution in [1.82, 2.24) is 0 Å². The molecule has 4 N–H and O–H groups in total. The van der Waals surface area contributed by atoms with Crippen molar-refractivity contribution in [2.45, 2.75) is 167 Å². The minimum atomic E-state index is -1.31. The van der Waals surface area contributed by atoms with Crippen LogP contribution < -0.4 is 5.73 Å². The molecule has 35 heavy (non-hydrogen) atoms. The minimum absolute atomic E-state index is 0.277. The molecule has 0 aliphatic heterocycles. The zero-order valence-electron chi connectivity index (χ0n) is 22.8. The zero-order chi connectivity index (χ0) is 26.0. The normalized spacial score (nSPS) is 13.0. The fourth-order valence-corrected chi connectivity index (χ4v) is 4.38. The maximum Gasteiger partial charge on any atom is 0.342 e. The fourth-order valence-electron chi connectivity index (χ4n) is 4.38. The highest BCUT2D eigenvalue weighted by Crippen LogP contribution is 2.15. The van der Waals surface area contributed by atoms with Crippen molar-refractivity contribution in [3.05, 3.63) is 0 Å². The van der Waals surface area contributed by atoms with Crippen LogP contribution >= 0.6 is 0 Å². The van der Waals surface area contributed by atoms with Gasteiger partial charge in [-0.3, -0.25) is 0 Å². The van der Waals surface area contributed by atoms with Gasteiger partial charge in [-0.1, -0.05) is 148 Å². The molecule has 0 fully saturated rings. The molecule has 0 aromatic carbocycles. The lowest BCUT2D eigenvalue weighted by Gasteiger charge is -2.11. The van der Waals surface area contributed by atoms with Gasteiger partial charge in [0.2, 0.25) is 0 Å². The van der Waals surface area contributed by atoms with Gasteiger partial charge in [-0.15, -0.1) is 0 Å². The van der Waals surface area contributed by atoms with E-state index in [-0.39, 0.29) is 6.42 Å². The number of carbonyl (C=O) groups excluding carboxylic acids is 2. The first-order chi connectivity index (χ1) is 17.0. The first-order valence-electron chi connectivity index (χ1n) is 14.8. The van der Waals surface area contributed by atoms with Crippen molar-refractivity contribution >= 4 is 11.9 Å². The Balaban J connectivity index is 3.27. The number of esters is 2. The molecule has 0 aromatic rings. The molecule has 6 heteroatoms. The van der Waals surface area contributed by atoms with Crippen LogP contribution in [0.25, 0.3) is 0 Å². The molecule has 0 radical (unpaired) electrons. The number of rotatable bonds is 26. The van der Waals surface area contributed by atoms with Crippen molar-refractivity contribution in [2.75, 3.05) is 6.61 Å². The van der Waals surface area contributed by atoms with E-state index in [1.807, 2.05) is 0 Å². The molecule has 0 saturated heterocycles. The summed E-state index contributed by atoms with van der Waals surface area (Å²) in [6, 6.07) is -1.25. The maximum absolute atomic E-state index is 11.6. The van der Waals surface area contributed by atoms with Crippen molar-refractivity contribution in [3.8, 4) is 0 Å². The number of hydrogen-bond donors (Lipinski definition) is 3. The van der Waals surface area contributed by atoms with Gasteiger partial charge < -0.3 is 20.7 Å². The van der Waals surface area contributed by atoms with Crippen LogP contribution in [-0.4, -0.2) is 40.9 Å². The second-order valence-electron chi connectivity index (χ2n) is 10.3. The van der Waals surface area contributed by atoms with Crippen LogP contribution in [0, 0.1) is 0 Å². The molecule has 0 saturated carbocycles. The van der Waals surface area contributed by atoms with Gasteiger partial charge in [0, 0.05) is 0 Å². The van der Waals surface area contributed by atoms with E-state index in [0.717, 1.165) is 19.3 Å². The summed E-state index contributed by atoms with van der Waals surface area (Å²) in [5, 5.41) is 18.5. The van der Waals surface area contributed by atoms with Gasteiger partial charge in [-0.2, -0.15) is 0 Å². The minimum Gasteiger partial charge on any atom is -0.394 e. The van der Waals surface area contributed by atoms with E-state index in [1.54, 1.807) is 0 Å². The number of aliphatic hydroxyl groups is 2. The number of unbranched alkanes of at least 4 members (excludes halogenated alkanes) is 21. The summed E-state index contributed by atoms with van der Waals surface area (Å²) in [5.74, 6) is -1.99. The van der Waals surface area contributed by atoms with Gasteiger partial charge in [0.05, 0.1) is 6.61 Å². The smallest absolute Gasteiger partial charge is 0.342 e. The number of carbonyl (C=O) groups is 2. The third-order valence-electron chi connectivity index (χ3n) is 6.80. The summed E-state index contributed by atoms with van der Waals surface area (Å²) in [4.78, 5) is 22.9. The molecule has 0 bridgehead atoms. The molecule has 6 nitrogen and oxygen atoms in total. The number of ether oxygens (including phenoxy) is 1. The van der Waals surface area contributed by atoms with Gasteiger partial charge in [-0.25, -0.2) is 9.59 Å². The van der Waals surface area contributed by atoms with Crippen molar-refractivity contribution < 1.29 is 24.5 Å². The van der Waals surface area contributed by atoms with Crippen LogP contribution in [0.5, 0.6) is 0 Å². The summed E-state index contributed by atoms with van der Waals surface area (Å²) in [5.41, 5.74) is 5.27. The summed E-state index contributed by atoms with van der Waals surface area (Å²) in [6.45, 7) is 1.68. The molecular weight excluding hydrogens is 442 g/mol. The monoisotopic (exact) mass is 499 g/mol. The highest BCUT2D eigenvalue weighted by Gasteiger charge is 2.23. The molecule has 0 aliphatic carbocycles. The third kappa shape index (κ3) is 23.2. The van der Waals surface area contributed by atoms with Crippen LogP contribution in [0.2, 0.25) is 0 Å². The standard InChI is InChI=1S/C29H57NO5/c1-2-3-4-5-6-7-8-9-10-11-12-13-14-15-16-17-18-19-20-21-22-23-24-27(32)29(34)35-28(33)26(30)25-31/h26-27,31-32H,2-25,30H2,1H3/t26-,27?/m0/s1. The lowest BCUT2D eigenvalue weighted by atomic mass is 10.0. The largest absolute Gasteiger partial charge is 0.394 e. The number of aliphatic hydroxyl groups excluding tert-OH is 2. The second kappa shape index (κ2) is 26.1. The third-order valence-corrected chi connectivity index (χ3v) is 6.80. The summed E-state index contributed by atoms with van der Waals surface area (Å²) < 4.78 is 4.45. The average Bonchev–Trinajstić information content (AvgIpc) is 2.86. The van der Waals surface area contributed by atoms with Gasteiger partial charge in [0.15, 0.2) is 6.10 Å². The van der Waals surface area contributed by atoms with Crippen LogP contribution in [0.3, 0.4) is 0 Å². The van der Waals surface area contributed by atoms with Crippen LogP contribution in [0.1, 0.15) is 155 Å². The van der Waals surface area contributed by atoms with Gasteiger partial charge in [0.25, 0.3) is 0 Å². The van der Waals surface area contributed by atoms with E-state index in [4.69, 9.17) is 10.8 Å². The number of hydrogen-bond acceptors (Lipinski definition) is 6. The average molecular weight is 500 g/mol. The van der Waals surface area contributed by atoms with E-state index in [9.17, 15) is 14.7 Å². The predicted octanol–water partition coefficient (Wildman–Crippen LogP) is 6.73. The Bertz CT molecular complexity index is 486. The summed E-state index contributed by atoms with van der Waals surface area (Å²) in [6.07, 6.45) is 27.9. The molecule has 0 amide bonds. The Kier molecular flexibility index (Phi) is 25.4. The van der Waals surface area contributed by atoms with Crippen LogP contribution in [-0.2, 0) is 14.3 Å². The Morgan fingerprint density at radius 2 is 0.914 bits per heavy atom. The summed E-state index contributed by atoms with van der Waals surface area (Å²) >= 11 is 0. The Hall–Kier alpha value is -0.980. The molecule has 1 unspecified atom stereocenters. The SMILES string of the molecule is CCCCCCCCCCCCCCCCCCCCCCCCC(O)C(=O)OC(=O)[C@@H](N)CO. The van der Waals surface area contributed by atoms with Gasteiger partial charge in [0.1, 0.15) is 6.04 Å². The molecule has 0 heterocycles. The van der Waals surface area contributed by atoms with Crippen molar-refractivity contribution in [3.63, 3.8) is 0 Å². The quantitative estimate of drug-likeness (QED) is 0.0691. The van der Waals surface area contributed by atoms with E-state index < -0.39 is 30.7 Å². The lowest BCUT2D eigenvalue weighted by Crippen LogP contribution is -2.39. The topological polar surface area (TPSA) is 110 Å². The molecular formula is C29H57NO5. The van der Waals surface area contributed by atoms with E-state index in [1.165, 1.54) is 122 Å². The Morgan fingerprint density at radius 3 is 1.23 bits per heavy atom. The highest BCUT2D eigenvalue weighted by atomic mass is 16.6. The van der Waals surface area contributed by atoms with E-state index in [2.05, 4.69) is 11.7 Å². The van der Waals surface area contributed by atoms with Gasteiger partial charge in [-0.05, 0) is 6.42 Å². The van der Waals surface area contributed by atoms with Crippen molar-refractivity contribution in [1.29, 1.82) is 0 Å². The molecule has 0 rings (SSSR count). The lowest BCUT2D eigenvalue weighted by molar-refractivity contribution is -0.167. The van der Waals surface area contributed by atoms with Gasteiger partial charge >= 0.3 is 11.9 Å². The van der Waals surface area contributed by atoms with Crippen LogP contribution in [0.4, 0.5) is 0 Å².